The van der Waals surface area contributed by atoms with Crippen molar-refractivity contribution in [2.75, 3.05) is 16.2 Å². The maximum absolute atomic E-state index is 12.2. The van der Waals surface area contributed by atoms with Gasteiger partial charge in [0.1, 0.15) is 0 Å². The second-order valence-electron chi connectivity index (χ2n) is 4.94. The summed E-state index contributed by atoms with van der Waals surface area (Å²) >= 11 is 0. The summed E-state index contributed by atoms with van der Waals surface area (Å²) in [6, 6.07) is 6.51. The summed E-state index contributed by atoms with van der Waals surface area (Å²) in [5.74, 6) is -0.449. The highest BCUT2D eigenvalue weighted by Gasteiger charge is 2.37. The molecular weight excluding hydrogens is 302 g/mol. The van der Waals surface area contributed by atoms with E-state index in [0.717, 1.165) is 0 Å². The van der Waals surface area contributed by atoms with Gasteiger partial charge in [0, 0.05) is 5.56 Å². The van der Waals surface area contributed by atoms with Crippen LogP contribution >= 0.6 is 0 Å². The van der Waals surface area contributed by atoms with Crippen LogP contribution < -0.4 is 4.72 Å². The van der Waals surface area contributed by atoms with Crippen molar-refractivity contribution in [1.82, 2.24) is 0 Å². The molecule has 6 nitrogen and oxygen atoms in total. The van der Waals surface area contributed by atoms with Gasteiger partial charge in [0.2, 0.25) is 10.0 Å². The third-order valence-electron chi connectivity index (χ3n) is 3.29. The molecular formula is C12H17NO5S2. The van der Waals surface area contributed by atoms with Gasteiger partial charge in [-0.15, -0.1) is 0 Å². The summed E-state index contributed by atoms with van der Waals surface area (Å²) in [6.07, 6.45) is -0.713. The van der Waals surface area contributed by atoms with E-state index in [9.17, 15) is 21.9 Å². The van der Waals surface area contributed by atoms with Crippen molar-refractivity contribution in [3.8, 4) is 0 Å². The molecule has 0 amide bonds. The van der Waals surface area contributed by atoms with E-state index in [0.29, 0.717) is 5.56 Å². The summed E-state index contributed by atoms with van der Waals surface area (Å²) in [4.78, 5) is 0. The van der Waals surface area contributed by atoms with Gasteiger partial charge < -0.3 is 5.11 Å². The zero-order chi connectivity index (χ0) is 15.0. The molecule has 1 aliphatic rings. The molecule has 8 heteroatoms. The van der Waals surface area contributed by atoms with Gasteiger partial charge in [0.25, 0.3) is 0 Å². The van der Waals surface area contributed by atoms with E-state index >= 15 is 0 Å². The lowest BCUT2D eigenvalue weighted by Gasteiger charge is -2.16. The number of hydrogen-bond acceptors (Lipinski definition) is 5. The first-order valence-electron chi connectivity index (χ1n) is 6.20. The number of para-hydroxylation sites is 1. The van der Waals surface area contributed by atoms with Crippen LogP contribution in [0.15, 0.2) is 24.3 Å². The van der Waals surface area contributed by atoms with Crippen molar-refractivity contribution >= 4 is 25.5 Å². The molecule has 1 aromatic rings. The molecule has 112 valence electrons. The monoisotopic (exact) mass is 319 g/mol. The molecule has 0 spiro atoms. The molecule has 0 aromatic heterocycles. The minimum absolute atomic E-state index is 0.101. The molecule has 2 N–H and O–H groups in total. The minimum atomic E-state index is -3.78. The van der Waals surface area contributed by atoms with E-state index in [2.05, 4.69) is 4.72 Å². The molecule has 0 radical (unpaired) electrons. The second-order valence-corrected chi connectivity index (χ2v) is 9.12. The molecule has 1 fully saturated rings. The Morgan fingerprint density at radius 1 is 1.35 bits per heavy atom. The Balaban J connectivity index is 2.26. The number of sulfone groups is 1. The summed E-state index contributed by atoms with van der Waals surface area (Å²) < 4.78 is 49.6. The lowest BCUT2D eigenvalue weighted by molar-refractivity contribution is 0.200. The van der Waals surface area contributed by atoms with Crippen LogP contribution in [0.4, 0.5) is 5.69 Å². The van der Waals surface area contributed by atoms with Gasteiger partial charge in [0.15, 0.2) is 9.84 Å². The predicted octanol–water partition coefficient (Wildman–Crippen LogP) is 0.669. The molecule has 0 aliphatic carbocycles. The third-order valence-corrected chi connectivity index (χ3v) is 7.06. The molecule has 1 aliphatic heterocycles. The first kappa shape index (κ1) is 15.3. The molecule has 1 heterocycles. The molecule has 0 bridgehead atoms. The number of benzene rings is 1. The van der Waals surface area contributed by atoms with Gasteiger partial charge >= 0.3 is 0 Å². The maximum Gasteiger partial charge on any atom is 0.236 e. The lowest BCUT2D eigenvalue weighted by Crippen LogP contribution is -2.29. The second kappa shape index (κ2) is 5.34. The van der Waals surface area contributed by atoms with Crippen molar-refractivity contribution < 1.29 is 21.9 Å². The van der Waals surface area contributed by atoms with Crippen molar-refractivity contribution in [3.63, 3.8) is 0 Å². The van der Waals surface area contributed by atoms with Gasteiger partial charge in [-0.1, -0.05) is 18.2 Å². The normalized spacial score (nSPS) is 23.4. The van der Waals surface area contributed by atoms with Crippen molar-refractivity contribution in [3.05, 3.63) is 29.8 Å². The van der Waals surface area contributed by atoms with E-state index in [4.69, 9.17) is 0 Å². The van der Waals surface area contributed by atoms with Crippen LogP contribution in [0.1, 0.15) is 25.0 Å². The highest BCUT2D eigenvalue weighted by Crippen LogP contribution is 2.26. The van der Waals surface area contributed by atoms with E-state index in [1.807, 2.05) is 0 Å². The van der Waals surface area contributed by atoms with Crippen LogP contribution in [-0.4, -0.2) is 38.7 Å². The van der Waals surface area contributed by atoms with Crippen LogP contribution in [0.25, 0.3) is 0 Å². The Bertz CT molecular complexity index is 694. The zero-order valence-corrected chi connectivity index (χ0v) is 12.6. The fourth-order valence-electron chi connectivity index (χ4n) is 2.20. The third kappa shape index (κ3) is 3.31. The van der Waals surface area contributed by atoms with Crippen molar-refractivity contribution in [2.45, 2.75) is 24.7 Å². The predicted molar refractivity (Wildman–Crippen MR) is 76.7 cm³/mol. The molecule has 0 saturated carbocycles. The number of sulfonamides is 1. The number of anilines is 1. The van der Waals surface area contributed by atoms with Gasteiger partial charge in [-0.2, -0.15) is 0 Å². The SMILES string of the molecule is CC(O)c1ccccc1NS(=O)(=O)C1CCS(=O)(=O)C1. The molecule has 1 aromatic carbocycles. The minimum Gasteiger partial charge on any atom is -0.389 e. The number of rotatable bonds is 4. The van der Waals surface area contributed by atoms with Crippen molar-refractivity contribution in [1.29, 1.82) is 0 Å². The summed E-state index contributed by atoms with van der Waals surface area (Å²) in [6.45, 7) is 1.53. The molecule has 2 unspecified atom stereocenters. The molecule has 1 saturated heterocycles. The number of hydrogen-bond donors (Lipinski definition) is 2. The van der Waals surface area contributed by atoms with Crippen LogP contribution in [-0.2, 0) is 19.9 Å². The quantitative estimate of drug-likeness (QED) is 0.849. The lowest BCUT2D eigenvalue weighted by atomic mass is 10.1. The van der Waals surface area contributed by atoms with E-state index in [1.54, 1.807) is 24.3 Å². The maximum atomic E-state index is 12.2. The summed E-state index contributed by atoms with van der Waals surface area (Å²) in [5.41, 5.74) is 0.740. The Hall–Kier alpha value is -1.12. The number of aliphatic hydroxyl groups is 1. The van der Waals surface area contributed by atoms with Crippen molar-refractivity contribution in [2.24, 2.45) is 0 Å². The van der Waals surface area contributed by atoms with Gasteiger partial charge in [0.05, 0.1) is 28.5 Å². The Kier molecular flexibility index (Phi) is 4.08. The standard InChI is InChI=1S/C12H17NO5S2/c1-9(14)11-4-2-3-5-12(11)13-20(17,18)10-6-7-19(15,16)8-10/h2-5,9-10,13-14H,6-8H2,1H3. The topological polar surface area (TPSA) is 101 Å². The first-order chi connectivity index (χ1) is 9.21. The summed E-state index contributed by atoms with van der Waals surface area (Å²) in [7, 11) is -7.05. The molecule has 2 rings (SSSR count). The van der Waals surface area contributed by atoms with Gasteiger partial charge in [-0.25, -0.2) is 16.8 Å². The fourth-order valence-corrected chi connectivity index (χ4v) is 6.31. The largest absolute Gasteiger partial charge is 0.389 e. The van der Waals surface area contributed by atoms with E-state index in [1.165, 1.54) is 6.92 Å². The van der Waals surface area contributed by atoms with E-state index in [-0.39, 0.29) is 23.6 Å². The van der Waals surface area contributed by atoms with Crippen LogP contribution in [0.5, 0.6) is 0 Å². The Morgan fingerprint density at radius 3 is 2.55 bits per heavy atom. The van der Waals surface area contributed by atoms with Crippen LogP contribution in [0, 0.1) is 0 Å². The average Bonchev–Trinajstić information content (AvgIpc) is 2.70. The van der Waals surface area contributed by atoms with Crippen LogP contribution in [0.3, 0.4) is 0 Å². The fraction of sp³-hybridized carbons (Fsp3) is 0.500. The van der Waals surface area contributed by atoms with E-state index < -0.39 is 31.2 Å². The van der Waals surface area contributed by atoms with Gasteiger partial charge in [-0.3, -0.25) is 4.72 Å². The first-order valence-corrected chi connectivity index (χ1v) is 9.57. The summed E-state index contributed by atoms with van der Waals surface area (Å²) in [5, 5.41) is 8.68. The average molecular weight is 319 g/mol. The van der Waals surface area contributed by atoms with Gasteiger partial charge in [-0.05, 0) is 19.4 Å². The Morgan fingerprint density at radius 2 is 2.00 bits per heavy atom. The highest BCUT2D eigenvalue weighted by atomic mass is 32.2. The zero-order valence-electron chi connectivity index (χ0n) is 11.0. The number of nitrogens with one attached hydrogen (secondary N) is 1. The molecule has 20 heavy (non-hydrogen) atoms. The van der Waals surface area contributed by atoms with Crippen LogP contribution in [0.2, 0.25) is 0 Å². The Labute approximate surface area is 118 Å². The smallest absolute Gasteiger partial charge is 0.236 e. The molecule has 2 atom stereocenters. The number of aliphatic hydroxyl groups excluding tert-OH is 1. The highest BCUT2D eigenvalue weighted by molar-refractivity contribution is 7.97.